The lowest BCUT2D eigenvalue weighted by atomic mass is 10.1. The summed E-state index contributed by atoms with van der Waals surface area (Å²) in [6, 6.07) is 10.0. The molecule has 20 heavy (non-hydrogen) atoms. The lowest BCUT2D eigenvalue weighted by Crippen LogP contribution is -2.11. The molecule has 1 aromatic rings. The number of benzene rings is 1. The molecule has 0 fully saturated rings. The van der Waals surface area contributed by atoms with Crippen LogP contribution in [0.25, 0.3) is 0 Å². The molecule has 0 atom stereocenters. The van der Waals surface area contributed by atoms with Crippen LogP contribution in [-0.2, 0) is 25.5 Å². The van der Waals surface area contributed by atoms with Crippen LogP contribution in [0.4, 0.5) is 0 Å². The number of carbonyl (C=O) groups is 2. The normalized spacial score (nSPS) is 10.1. The Hall–Kier alpha value is -1.84. The average Bonchev–Trinajstić information content (AvgIpc) is 2.48. The topological polar surface area (TPSA) is 52.6 Å². The number of carbonyl (C=O) groups excluding carboxylic acids is 2. The molecule has 4 nitrogen and oxygen atoms in total. The number of ether oxygens (including phenoxy) is 2. The summed E-state index contributed by atoms with van der Waals surface area (Å²) in [6.07, 6.45) is 2.64. The molecule has 0 aliphatic heterocycles. The molecule has 0 aliphatic rings. The zero-order valence-corrected chi connectivity index (χ0v) is 12.0. The second-order valence-electron chi connectivity index (χ2n) is 4.53. The highest BCUT2D eigenvalue weighted by atomic mass is 16.5. The smallest absolute Gasteiger partial charge is 0.306 e. The maximum atomic E-state index is 11.4. The molecule has 0 spiro atoms. The van der Waals surface area contributed by atoms with Crippen LogP contribution in [0.5, 0.6) is 0 Å². The monoisotopic (exact) mass is 278 g/mol. The molecule has 4 heteroatoms. The van der Waals surface area contributed by atoms with Gasteiger partial charge in [-0.05, 0) is 24.8 Å². The van der Waals surface area contributed by atoms with Crippen molar-refractivity contribution in [3.8, 4) is 0 Å². The Balaban J connectivity index is 2.04. The van der Waals surface area contributed by atoms with Crippen molar-refractivity contribution >= 4 is 11.9 Å². The largest absolute Gasteiger partial charge is 0.466 e. The number of hydrogen-bond acceptors (Lipinski definition) is 4. The molecule has 1 rings (SSSR count). The van der Waals surface area contributed by atoms with E-state index in [1.165, 1.54) is 5.56 Å². The Morgan fingerprint density at radius 2 is 1.55 bits per heavy atom. The van der Waals surface area contributed by atoms with Gasteiger partial charge >= 0.3 is 11.9 Å². The van der Waals surface area contributed by atoms with E-state index < -0.39 is 0 Å². The van der Waals surface area contributed by atoms with Crippen molar-refractivity contribution in [2.45, 2.75) is 39.0 Å². The van der Waals surface area contributed by atoms with Crippen LogP contribution in [-0.4, -0.2) is 25.2 Å². The summed E-state index contributed by atoms with van der Waals surface area (Å²) in [7, 11) is 0. The molecule has 1 aromatic carbocycles. The molecule has 0 amide bonds. The first-order chi connectivity index (χ1) is 9.72. The highest BCUT2D eigenvalue weighted by Crippen LogP contribution is 2.03. The number of rotatable bonds is 9. The molecule has 0 heterocycles. The van der Waals surface area contributed by atoms with E-state index in [0.29, 0.717) is 13.2 Å². The predicted octanol–water partition coefficient (Wildman–Crippen LogP) is 2.90. The summed E-state index contributed by atoms with van der Waals surface area (Å²) in [5.74, 6) is -0.681. The Bertz CT molecular complexity index is 400. The third-order valence-electron chi connectivity index (χ3n) is 2.72. The molecule has 0 saturated carbocycles. The summed E-state index contributed by atoms with van der Waals surface area (Å²) < 4.78 is 9.95. The van der Waals surface area contributed by atoms with Gasteiger partial charge in [0.1, 0.15) is 0 Å². The SMILES string of the molecule is CCCOC(=O)CCC(=O)OCCCc1ccccc1. The third-order valence-corrected chi connectivity index (χ3v) is 2.72. The van der Waals surface area contributed by atoms with Crippen molar-refractivity contribution in [3.63, 3.8) is 0 Å². The molecule has 0 unspecified atom stereocenters. The quantitative estimate of drug-likeness (QED) is 0.515. The highest BCUT2D eigenvalue weighted by molar-refractivity contribution is 5.77. The van der Waals surface area contributed by atoms with Gasteiger partial charge in [0.2, 0.25) is 0 Å². The second-order valence-corrected chi connectivity index (χ2v) is 4.53. The Morgan fingerprint density at radius 1 is 0.950 bits per heavy atom. The van der Waals surface area contributed by atoms with Crippen LogP contribution < -0.4 is 0 Å². The summed E-state index contributed by atoms with van der Waals surface area (Å²) in [6.45, 7) is 2.72. The number of esters is 2. The molecule has 0 N–H and O–H groups in total. The summed E-state index contributed by atoms with van der Waals surface area (Å²) in [5.41, 5.74) is 1.23. The zero-order valence-electron chi connectivity index (χ0n) is 12.0. The number of aryl methyl sites for hydroxylation is 1. The first-order valence-electron chi connectivity index (χ1n) is 7.07. The van der Waals surface area contributed by atoms with Crippen molar-refractivity contribution in [3.05, 3.63) is 35.9 Å². The Kier molecular flexibility index (Phi) is 8.11. The zero-order chi connectivity index (χ0) is 14.6. The lowest BCUT2D eigenvalue weighted by Gasteiger charge is -2.05. The molecular formula is C16H22O4. The molecule has 0 radical (unpaired) electrons. The molecule has 0 saturated heterocycles. The van der Waals surface area contributed by atoms with E-state index in [1.54, 1.807) is 0 Å². The Labute approximate surface area is 120 Å². The fraction of sp³-hybridized carbons (Fsp3) is 0.500. The minimum Gasteiger partial charge on any atom is -0.466 e. The maximum absolute atomic E-state index is 11.4. The summed E-state index contributed by atoms with van der Waals surface area (Å²) >= 11 is 0. The van der Waals surface area contributed by atoms with E-state index in [2.05, 4.69) is 0 Å². The molecule has 0 aliphatic carbocycles. The van der Waals surface area contributed by atoms with Gasteiger partial charge in [-0.1, -0.05) is 37.3 Å². The van der Waals surface area contributed by atoms with Crippen LogP contribution in [0.2, 0.25) is 0 Å². The molecule has 0 aromatic heterocycles. The highest BCUT2D eigenvalue weighted by Gasteiger charge is 2.08. The van der Waals surface area contributed by atoms with E-state index in [4.69, 9.17) is 9.47 Å². The van der Waals surface area contributed by atoms with E-state index in [1.807, 2.05) is 37.3 Å². The van der Waals surface area contributed by atoms with Gasteiger partial charge in [-0.15, -0.1) is 0 Å². The second kappa shape index (κ2) is 10.0. The van der Waals surface area contributed by atoms with Crippen LogP contribution in [0.3, 0.4) is 0 Å². The van der Waals surface area contributed by atoms with Crippen LogP contribution in [0.1, 0.15) is 38.2 Å². The lowest BCUT2D eigenvalue weighted by molar-refractivity contribution is -0.150. The first-order valence-corrected chi connectivity index (χ1v) is 7.07. The third kappa shape index (κ3) is 7.56. The minimum atomic E-state index is -0.341. The van der Waals surface area contributed by atoms with Crippen LogP contribution >= 0.6 is 0 Å². The van der Waals surface area contributed by atoms with Gasteiger partial charge in [-0.2, -0.15) is 0 Å². The van der Waals surface area contributed by atoms with E-state index >= 15 is 0 Å². The first kappa shape index (κ1) is 16.2. The van der Waals surface area contributed by atoms with Gasteiger partial charge in [0.25, 0.3) is 0 Å². The van der Waals surface area contributed by atoms with Gasteiger partial charge < -0.3 is 9.47 Å². The van der Waals surface area contributed by atoms with Gasteiger partial charge in [0.15, 0.2) is 0 Å². The van der Waals surface area contributed by atoms with Crippen molar-refractivity contribution < 1.29 is 19.1 Å². The fourth-order valence-electron chi connectivity index (χ4n) is 1.67. The predicted molar refractivity (Wildman–Crippen MR) is 76.2 cm³/mol. The minimum absolute atomic E-state index is 0.0912. The average molecular weight is 278 g/mol. The van der Waals surface area contributed by atoms with Crippen molar-refractivity contribution in [1.29, 1.82) is 0 Å². The van der Waals surface area contributed by atoms with Crippen LogP contribution in [0.15, 0.2) is 30.3 Å². The van der Waals surface area contributed by atoms with Gasteiger partial charge in [0.05, 0.1) is 26.1 Å². The van der Waals surface area contributed by atoms with Crippen molar-refractivity contribution in [2.75, 3.05) is 13.2 Å². The molecule has 110 valence electrons. The molecule has 0 bridgehead atoms. The van der Waals surface area contributed by atoms with E-state index in [0.717, 1.165) is 19.3 Å². The van der Waals surface area contributed by atoms with Crippen LogP contribution in [0, 0.1) is 0 Å². The standard InChI is InChI=1S/C16H22O4/c1-2-12-19-15(17)10-11-16(18)20-13-6-9-14-7-4-3-5-8-14/h3-5,7-8H,2,6,9-13H2,1H3. The van der Waals surface area contributed by atoms with Gasteiger partial charge in [0, 0.05) is 0 Å². The van der Waals surface area contributed by atoms with Gasteiger partial charge in [-0.3, -0.25) is 9.59 Å². The van der Waals surface area contributed by atoms with E-state index in [9.17, 15) is 9.59 Å². The fourth-order valence-corrected chi connectivity index (χ4v) is 1.67. The van der Waals surface area contributed by atoms with Crippen molar-refractivity contribution in [2.24, 2.45) is 0 Å². The number of hydrogen-bond donors (Lipinski definition) is 0. The summed E-state index contributed by atoms with van der Waals surface area (Å²) in [5, 5.41) is 0. The Morgan fingerprint density at radius 3 is 2.15 bits per heavy atom. The van der Waals surface area contributed by atoms with Gasteiger partial charge in [-0.25, -0.2) is 0 Å². The van der Waals surface area contributed by atoms with E-state index in [-0.39, 0.29) is 24.8 Å². The molecular weight excluding hydrogens is 256 g/mol. The maximum Gasteiger partial charge on any atom is 0.306 e. The summed E-state index contributed by atoms with van der Waals surface area (Å²) in [4.78, 5) is 22.6. The van der Waals surface area contributed by atoms with Crippen molar-refractivity contribution in [1.82, 2.24) is 0 Å².